The van der Waals surface area contributed by atoms with Crippen molar-refractivity contribution in [2.45, 2.75) is 6.42 Å². The molecule has 4 nitrogen and oxygen atoms in total. The molecule has 0 saturated carbocycles. The van der Waals surface area contributed by atoms with E-state index in [1.54, 1.807) is 6.20 Å². The Morgan fingerprint density at radius 1 is 0.774 bits per heavy atom. The number of hydrogen-bond acceptors (Lipinski definition) is 4. The summed E-state index contributed by atoms with van der Waals surface area (Å²) in [7, 11) is 0. The second kappa shape index (κ2) is 8.25. The van der Waals surface area contributed by atoms with Crippen LogP contribution in [0.2, 0.25) is 0 Å². The van der Waals surface area contributed by atoms with Crippen molar-refractivity contribution in [1.82, 2.24) is 9.97 Å². The van der Waals surface area contributed by atoms with Crippen LogP contribution in [0.5, 0.6) is 0 Å². The van der Waals surface area contributed by atoms with Crippen molar-refractivity contribution < 1.29 is 0 Å². The molecule has 0 saturated heterocycles. The molecule has 0 radical (unpaired) electrons. The molecular weight excluding hydrogens is 380 g/mol. The Bertz CT molecular complexity index is 1420. The third-order valence-electron chi connectivity index (χ3n) is 5.47. The fourth-order valence-corrected chi connectivity index (χ4v) is 3.85. The molecular formula is C27H20N4. The van der Waals surface area contributed by atoms with Crippen molar-refractivity contribution in [3.8, 4) is 17.2 Å². The summed E-state index contributed by atoms with van der Waals surface area (Å²) in [5, 5.41) is 15.2. The number of anilines is 1. The van der Waals surface area contributed by atoms with Crippen LogP contribution in [0.4, 0.5) is 5.69 Å². The summed E-state index contributed by atoms with van der Waals surface area (Å²) in [6.45, 7) is 0.736. The van der Waals surface area contributed by atoms with Crippen LogP contribution < -0.4 is 5.32 Å². The molecule has 0 amide bonds. The van der Waals surface area contributed by atoms with Gasteiger partial charge in [-0.05, 0) is 41.8 Å². The topological polar surface area (TPSA) is 61.6 Å². The zero-order valence-corrected chi connectivity index (χ0v) is 16.9. The minimum Gasteiger partial charge on any atom is -0.383 e. The van der Waals surface area contributed by atoms with E-state index in [9.17, 15) is 5.26 Å². The average molecular weight is 400 g/mol. The van der Waals surface area contributed by atoms with Crippen LogP contribution in [0, 0.1) is 11.3 Å². The highest BCUT2D eigenvalue weighted by Gasteiger charge is 2.11. The van der Waals surface area contributed by atoms with Gasteiger partial charge in [-0.1, -0.05) is 54.6 Å². The van der Waals surface area contributed by atoms with Gasteiger partial charge in [0.05, 0.1) is 22.3 Å². The molecule has 5 aromatic rings. The van der Waals surface area contributed by atoms with Gasteiger partial charge in [0, 0.05) is 35.3 Å². The van der Waals surface area contributed by atoms with Gasteiger partial charge in [0.2, 0.25) is 0 Å². The van der Waals surface area contributed by atoms with Gasteiger partial charge in [0.1, 0.15) is 6.07 Å². The van der Waals surface area contributed by atoms with Crippen LogP contribution >= 0.6 is 0 Å². The number of nitrogens with one attached hydrogen (secondary N) is 1. The summed E-state index contributed by atoms with van der Waals surface area (Å²) in [5.41, 5.74) is 6.57. The first-order valence-electron chi connectivity index (χ1n) is 10.3. The lowest BCUT2D eigenvalue weighted by Crippen LogP contribution is -2.07. The molecule has 0 atom stereocenters. The zero-order chi connectivity index (χ0) is 21.0. The minimum atomic E-state index is 0.550. The molecule has 3 aromatic carbocycles. The molecule has 31 heavy (non-hydrogen) atoms. The van der Waals surface area contributed by atoms with Crippen molar-refractivity contribution in [3.05, 3.63) is 102 Å². The molecule has 0 bridgehead atoms. The first-order valence-corrected chi connectivity index (χ1v) is 10.3. The van der Waals surface area contributed by atoms with E-state index in [4.69, 9.17) is 0 Å². The number of aromatic nitrogens is 2. The smallest absolute Gasteiger partial charge is 0.103 e. The Kier molecular flexibility index (Phi) is 5.00. The number of pyridine rings is 2. The number of rotatable bonds is 5. The fraction of sp³-hybridized carbons (Fsp3) is 0.0741. The molecule has 2 heterocycles. The van der Waals surface area contributed by atoms with E-state index >= 15 is 0 Å². The highest BCUT2D eigenvalue weighted by molar-refractivity contribution is 5.97. The number of nitrogens with zero attached hydrogens (tertiary/aromatic N) is 3. The molecule has 2 aromatic heterocycles. The van der Waals surface area contributed by atoms with Gasteiger partial charge in [-0.15, -0.1) is 0 Å². The predicted octanol–water partition coefficient (Wildman–Crippen LogP) is 5.98. The number of nitriles is 1. The maximum atomic E-state index is 9.66. The molecule has 0 aliphatic carbocycles. The lowest BCUT2D eigenvalue weighted by Gasteiger charge is -2.13. The molecule has 5 rings (SSSR count). The molecule has 0 spiro atoms. The first kappa shape index (κ1) is 18.8. The van der Waals surface area contributed by atoms with Gasteiger partial charge in [0.15, 0.2) is 0 Å². The summed E-state index contributed by atoms with van der Waals surface area (Å²) in [5.74, 6) is 0. The van der Waals surface area contributed by atoms with Crippen molar-refractivity contribution in [2.75, 3.05) is 11.9 Å². The summed E-state index contributed by atoms with van der Waals surface area (Å²) in [6, 6.07) is 29.0. The van der Waals surface area contributed by atoms with Crippen molar-refractivity contribution in [1.29, 1.82) is 5.26 Å². The van der Waals surface area contributed by atoms with Crippen LogP contribution in [0.3, 0.4) is 0 Å². The summed E-state index contributed by atoms with van der Waals surface area (Å²) >= 11 is 0. The van der Waals surface area contributed by atoms with Crippen LogP contribution in [0.25, 0.3) is 32.9 Å². The van der Waals surface area contributed by atoms with E-state index in [-0.39, 0.29) is 0 Å². The average Bonchev–Trinajstić information content (AvgIpc) is 2.84. The van der Waals surface area contributed by atoms with Gasteiger partial charge in [0.25, 0.3) is 0 Å². The molecule has 1 N–H and O–H groups in total. The molecule has 0 unspecified atom stereocenters. The summed E-state index contributed by atoms with van der Waals surface area (Å²) in [4.78, 5) is 9.08. The zero-order valence-electron chi connectivity index (χ0n) is 16.9. The Morgan fingerprint density at radius 3 is 2.45 bits per heavy atom. The highest BCUT2D eigenvalue weighted by Crippen LogP contribution is 2.31. The van der Waals surface area contributed by atoms with E-state index in [1.165, 1.54) is 5.56 Å². The number of hydrogen-bond donors (Lipinski definition) is 1. The van der Waals surface area contributed by atoms with Crippen LogP contribution in [0.15, 0.2) is 91.3 Å². The normalized spacial score (nSPS) is 10.8. The lowest BCUT2D eigenvalue weighted by molar-refractivity contribution is 1.02. The lowest BCUT2D eigenvalue weighted by atomic mass is 10.0. The molecule has 0 fully saturated rings. The number of fused-ring (bicyclic) bond motifs is 2. The first-order chi connectivity index (χ1) is 15.3. The predicted molar refractivity (Wildman–Crippen MR) is 126 cm³/mol. The van der Waals surface area contributed by atoms with Gasteiger partial charge >= 0.3 is 0 Å². The van der Waals surface area contributed by atoms with Gasteiger partial charge < -0.3 is 5.32 Å². The van der Waals surface area contributed by atoms with E-state index in [0.29, 0.717) is 5.56 Å². The SMILES string of the molecule is N#Cc1cnc2ccc(-c3cnc4ccccc4c3)cc2c1NCCc1ccccc1. The standard InChI is InChI=1S/C27H20N4/c28-16-23-18-31-26-11-10-20(22-14-21-8-4-5-9-25(21)30-17-22)15-24(26)27(23)29-13-12-19-6-2-1-3-7-19/h1-11,14-15,17-18H,12-13H2,(H,29,31). The maximum absolute atomic E-state index is 9.66. The minimum absolute atomic E-state index is 0.550. The Morgan fingerprint density at radius 2 is 1.58 bits per heavy atom. The van der Waals surface area contributed by atoms with E-state index in [1.807, 2.05) is 48.7 Å². The van der Waals surface area contributed by atoms with E-state index < -0.39 is 0 Å². The number of para-hydroxylation sites is 1. The largest absolute Gasteiger partial charge is 0.383 e. The van der Waals surface area contributed by atoms with Gasteiger partial charge in [-0.2, -0.15) is 5.26 Å². The molecule has 148 valence electrons. The van der Waals surface area contributed by atoms with E-state index in [2.05, 4.69) is 57.8 Å². The summed E-state index contributed by atoms with van der Waals surface area (Å²) < 4.78 is 0. The molecule has 0 aliphatic rings. The monoisotopic (exact) mass is 400 g/mol. The van der Waals surface area contributed by atoms with E-state index in [0.717, 1.165) is 51.6 Å². The van der Waals surface area contributed by atoms with Crippen LogP contribution in [-0.2, 0) is 6.42 Å². The third kappa shape index (κ3) is 3.82. The Balaban J connectivity index is 1.53. The van der Waals surface area contributed by atoms with Crippen LogP contribution in [-0.4, -0.2) is 16.5 Å². The van der Waals surface area contributed by atoms with Crippen molar-refractivity contribution in [3.63, 3.8) is 0 Å². The van der Waals surface area contributed by atoms with Crippen molar-refractivity contribution in [2.24, 2.45) is 0 Å². The maximum Gasteiger partial charge on any atom is 0.103 e. The Hall–Kier alpha value is -4.23. The second-order valence-corrected chi connectivity index (χ2v) is 7.47. The van der Waals surface area contributed by atoms with Gasteiger partial charge in [-0.25, -0.2) is 0 Å². The quantitative estimate of drug-likeness (QED) is 0.394. The second-order valence-electron chi connectivity index (χ2n) is 7.47. The fourth-order valence-electron chi connectivity index (χ4n) is 3.85. The molecule has 0 aliphatic heterocycles. The third-order valence-corrected chi connectivity index (χ3v) is 5.47. The number of benzene rings is 3. The van der Waals surface area contributed by atoms with Gasteiger partial charge in [-0.3, -0.25) is 9.97 Å². The summed E-state index contributed by atoms with van der Waals surface area (Å²) in [6.07, 6.45) is 4.42. The molecule has 4 heteroatoms. The van der Waals surface area contributed by atoms with Crippen molar-refractivity contribution >= 4 is 27.5 Å². The highest BCUT2D eigenvalue weighted by atomic mass is 14.9. The van der Waals surface area contributed by atoms with Crippen LogP contribution in [0.1, 0.15) is 11.1 Å². The Labute approximate surface area is 180 Å².